The van der Waals surface area contributed by atoms with E-state index in [2.05, 4.69) is 10.3 Å². The minimum atomic E-state index is -0.129. The molecule has 1 saturated heterocycles. The van der Waals surface area contributed by atoms with Crippen molar-refractivity contribution in [2.75, 3.05) is 13.1 Å². The highest BCUT2D eigenvalue weighted by atomic mass is 16.3. The Hall–Kier alpha value is -3.09. The highest BCUT2D eigenvalue weighted by molar-refractivity contribution is 5.91. The van der Waals surface area contributed by atoms with E-state index in [4.69, 9.17) is 4.42 Å². The molecule has 0 aliphatic carbocycles. The molecule has 140 valence electrons. The predicted octanol–water partition coefficient (Wildman–Crippen LogP) is 2.20. The lowest BCUT2D eigenvalue weighted by Gasteiger charge is -2.32. The lowest BCUT2D eigenvalue weighted by atomic mass is 10.0. The van der Waals surface area contributed by atoms with Crippen molar-refractivity contribution in [3.8, 4) is 0 Å². The number of hydrogen-bond acceptors (Lipinski definition) is 4. The molecule has 4 heterocycles. The molecule has 1 unspecified atom stereocenters. The fourth-order valence-corrected chi connectivity index (χ4v) is 3.61. The topological polar surface area (TPSA) is 79.9 Å². The highest BCUT2D eigenvalue weighted by Crippen LogP contribution is 2.15. The second-order valence-electron chi connectivity index (χ2n) is 6.95. The van der Waals surface area contributed by atoms with E-state index in [1.165, 1.54) is 6.26 Å². The van der Waals surface area contributed by atoms with Crippen LogP contribution in [-0.4, -0.2) is 45.2 Å². The van der Waals surface area contributed by atoms with Crippen molar-refractivity contribution < 1.29 is 14.0 Å². The number of carbonyl (C=O) groups excluding carboxylic acids is 2. The normalized spacial score (nSPS) is 17.2. The van der Waals surface area contributed by atoms with E-state index >= 15 is 0 Å². The van der Waals surface area contributed by atoms with E-state index < -0.39 is 0 Å². The number of likely N-dealkylation sites (tertiary alicyclic amines) is 1. The first-order valence-electron chi connectivity index (χ1n) is 9.15. The Morgan fingerprint density at radius 1 is 1.33 bits per heavy atom. The van der Waals surface area contributed by atoms with Crippen LogP contribution in [0.2, 0.25) is 0 Å². The number of carbonyl (C=O) groups is 2. The maximum absolute atomic E-state index is 12.5. The molecule has 1 aliphatic heterocycles. The molecule has 0 radical (unpaired) electrons. The Morgan fingerprint density at radius 2 is 2.22 bits per heavy atom. The van der Waals surface area contributed by atoms with Gasteiger partial charge in [0.1, 0.15) is 5.65 Å². The number of furan rings is 1. The van der Waals surface area contributed by atoms with Crippen LogP contribution in [-0.2, 0) is 11.2 Å². The summed E-state index contributed by atoms with van der Waals surface area (Å²) < 4.78 is 7.14. The third-order valence-electron chi connectivity index (χ3n) is 4.95. The maximum Gasteiger partial charge on any atom is 0.289 e. The fourth-order valence-electron chi connectivity index (χ4n) is 3.61. The first-order chi connectivity index (χ1) is 13.1. The van der Waals surface area contributed by atoms with Gasteiger partial charge in [-0.2, -0.15) is 0 Å². The highest BCUT2D eigenvalue weighted by Gasteiger charge is 2.26. The molecular formula is C20H22N4O3. The van der Waals surface area contributed by atoms with Gasteiger partial charge in [0.25, 0.3) is 5.91 Å². The molecule has 7 heteroatoms. The van der Waals surface area contributed by atoms with Gasteiger partial charge >= 0.3 is 0 Å². The number of nitrogens with zero attached hydrogens (tertiary/aromatic N) is 3. The minimum Gasteiger partial charge on any atom is -0.459 e. The van der Waals surface area contributed by atoms with Crippen LogP contribution in [0.25, 0.3) is 5.65 Å². The average Bonchev–Trinajstić information content (AvgIpc) is 3.33. The number of amides is 2. The zero-order chi connectivity index (χ0) is 18.8. The number of fused-ring (bicyclic) bond motifs is 1. The summed E-state index contributed by atoms with van der Waals surface area (Å²) in [5.41, 5.74) is 2.79. The zero-order valence-electron chi connectivity index (χ0n) is 15.2. The van der Waals surface area contributed by atoms with Crippen molar-refractivity contribution in [2.45, 2.75) is 32.2 Å². The number of piperidine rings is 1. The van der Waals surface area contributed by atoms with Gasteiger partial charge in [0, 0.05) is 31.5 Å². The molecule has 4 rings (SSSR count). The Labute approximate surface area is 157 Å². The van der Waals surface area contributed by atoms with Crippen molar-refractivity contribution in [2.24, 2.45) is 0 Å². The predicted molar refractivity (Wildman–Crippen MR) is 99.4 cm³/mol. The molecule has 1 N–H and O–H groups in total. The van der Waals surface area contributed by atoms with Crippen LogP contribution in [0.4, 0.5) is 0 Å². The van der Waals surface area contributed by atoms with Crippen LogP contribution in [0.3, 0.4) is 0 Å². The monoisotopic (exact) mass is 366 g/mol. The van der Waals surface area contributed by atoms with Gasteiger partial charge in [0.15, 0.2) is 5.76 Å². The van der Waals surface area contributed by atoms with Crippen LogP contribution in [0.15, 0.2) is 47.3 Å². The van der Waals surface area contributed by atoms with E-state index in [1.54, 1.807) is 23.2 Å². The molecule has 0 spiro atoms. The molecule has 0 bridgehead atoms. The van der Waals surface area contributed by atoms with Gasteiger partial charge in [0.2, 0.25) is 5.91 Å². The second-order valence-corrected chi connectivity index (χ2v) is 6.95. The van der Waals surface area contributed by atoms with Gasteiger partial charge in [-0.15, -0.1) is 0 Å². The molecule has 2 amide bonds. The number of rotatable bonds is 4. The molecule has 27 heavy (non-hydrogen) atoms. The summed E-state index contributed by atoms with van der Waals surface area (Å²) in [6.07, 6.45) is 7.13. The molecular weight excluding hydrogens is 344 g/mol. The van der Waals surface area contributed by atoms with Gasteiger partial charge in [-0.25, -0.2) is 4.98 Å². The first kappa shape index (κ1) is 17.3. The van der Waals surface area contributed by atoms with Gasteiger partial charge in [-0.05, 0) is 43.5 Å². The lowest BCUT2D eigenvalue weighted by molar-refractivity contribution is -0.121. The van der Waals surface area contributed by atoms with Crippen molar-refractivity contribution in [1.82, 2.24) is 19.6 Å². The van der Waals surface area contributed by atoms with E-state index in [0.29, 0.717) is 18.8 Å². The molecule has 0 saturated carbocycles. The number of aromatic nitrogens is 2. The summed E-state index contributed by atoms with van der Waals surface area (Å²) >= 11 is 0. The number of hydrogen-bond donors (Lipinski definition) is 1. The molecule has 7 nitrogen and oxygen atoms in total. The van der Waals surface area contributed by atoms with Crippen LogP contribution in [0.1, 0.15) is 34.7 Å². The van der Waals surface area contributed by atoms with Gasteiger partial charge < -0.3 is 19.0 Å². The maximum atomic E-state index is 12.5. The van der Waals surface area contributed by atoms with Crippen LogP contribution in [0.5, 0.6) is 0 Å². The third-order valence-corrected chi connectivity index (χ3v) is 4.95. The summed E-state index contributed by atoms with van der Waals surface area (Å²) in [6, 6.07) is 7.26. The van der Waals surface area contributed by atoms with E-state index in [-0.39, 0.29) is 24.3 Å². The summed E-state index contributed by atoms with van der Waals surface area (Å²) in [4.78, 5) is 31.1. The quantitative estimate of drug-likeness (QED) is 0.768. The van der Waals surface area contributed by atoms with Crippen molar-refractivity contribution in [3.05, 3.63) is 59.9 Å². The Balaban J connectivity index is 1.39. The van der Waals surface area contributed by atoms with Gasteiger partial charge in [-0.3, -0.25) is 9.59 Å². The molecule has 0 aromatic carbocycles. The third kappa shape index (κ3) is 3.58. The molecule has 1 atom stereocenters. The van der Waals surface area contributed by atoms with E-state index in [0.717, 1.165) is 29.7 Å². The number of nitrogens with one attached hydrogen (secondary N) is 1. The SMILES string of the molecule is Cc1cccn2c(CC(=O)NC3CCCN(C(=O)c4ccco4)C3)cnc12. The lowest BCUT2D eigenvalue weighted by Crippen LogP contribution is -2.49. The van der Waals surface area contributed by atoms with Crippen molar-refractivity contribution >= 4 is 17.5 Å². The molecule has 3 aromatic rings. The standard InChI is InChI=1S/C20H22N4O3/c1-14-5-2-9-24-16(12-21-19(14)24)11-18(25)22-15-6-3-8-23(13-15)20(26)17-7-4-10-27-17/h2,4-5,7,9-10,12,15H,3,6,8,11,13H2,1H3,(H,22,25). The van der Waals surface area contributed by atoms with Crippen molar-refractivity contribution in [1.29, 1.82) is 0 Å². The fraction of sp³-hybridized carbons (Fsp3) is 0.350. The number of aryl methyl sites for hydroxylation is 1. The molecule has 1 aliphatic rings. The first-order valence-corrected chi connectivity index (χ1v) is 9.15. The van der Waals surface area contributed by atoms with E-state index in [9.17, 15) is 9.59 Å². The summed E-state index contributed by atoms with van der Waals surface area (Å²) in [7, 11) is 0. The Morgan fingerprint density at radius 3 is 3.04 bits per heavy atom. The van der Waals surface area contributed by atoms with Crippen molar-refractivity contribution in [3.63, 3.8) is 0 Å². The Kier molecular flexibility index (Phi) is 4.66. The Bertz CT molecular complexity index is 961. The van der Waals surface area contributed by atoms with Crippen LogP contribution < -0.4 is 5.32 Å². The number of imidazole rings is 1. The zero-order valence-corrected chi connectivity index (χ0v) is 15.2. The smallest absolute Gasteiger partial charge is 0.289 e. The summed E-state index contributed by atoms with van der Waals surface area (Å²) in [6.45, 7) is 3.18. The van der Waals surface area contributed by atoms with Crippen LogP contribution in [0, 0.1) is 6.92 Å². The second kappa shape index (κ2) is 7.26. The van der Waals surface area contributed by atoms with Gasteiger partial charge in [-0.1, -0.05) is 6.07 Å². The molecule has 1 fully saturated rings. The molecule has 3 aromatic heterocycles. The summed E-state index contributed by atoms with van der Waals surface area (Å²) in [5.74, 6) is 0.148. The minimum absolute atomic E-state index is 0.0499. The van der Waals surface area contributed by atoms with E-state index in [1.807, 2.05) is 29.7 Å². The average molecular weight is 366 g/mol. The van der Waals surface area contributed by atoms with Gasteiger partial charge in [0.05, 0.1) is 18.4 Å². The number of pyridine rings is 1. The summed E-state index contributed by atoms with van der Waals surface area (Å²) in [5, 5.41) is 3.06. The largest absolute Gasteiger partial charge is 0.459 e. The van der Waals surface area contributed by atoms with Crippen LogP contribution >= 0.6 is 0 Å².